The summed E-state index contributed by atoms with van der Waals surface area (Å²) in [4.78, 5) is 29.1. The first kappa shape index (κ1) is 12.8. The molecule has 0 bridgehead atoms. The molecular formula is C18H14N2O2. The van der Waals surface area contributed by atoms with Crippen LogP contribution in [0.1, 0.15) is 20.7 Å². The molecule has 0 atom stereocenters. The lowest BCUT2D eigenvalue weighted by molar-refractivity contribution is 0.100. The number of carbonyl (C=O) groups excluding carboxylic acids is 2. The quantitative estimate of drug-likeness (QED) is 0.700. The minimum atomic E-state index is -0.0962. The van der Waals surface area contributed by atoms with E-state index >= 15 is 0 Å². The van der Waals surface area contributed by atoms with Gasteiger partial charge in [-0.3, -0.25) is 9.59 Å². The van der Waals surface area contributed by atoms with Gasteiger partial charge < -0.3 is 9.80 Å². The maximum absolute atomic E-state index is 12.8. The van der Waals surface area contributed by atoms with Crippen molar-refractivity contribution >= 4 is 22.9 Å². The predicted octanol–water partition coefficient (Wildman–Crippen LogP) is 2.86. The van der Waals surface area contributed by atoms with Gasteiger partial charge in [-0.15, -0.1) is 0 Å². The number of hydrogen-bond donors (Lipinski definition) is 0. The fraction of sp³-hybridized carbons (Fsp3) is 0.111. The molecule has 2 aliphatic rings. The third-order valence-electron chi connectivity index (χ3n) is 4.35. The Bertz CT molecular complexity index is 795. The molecule has 2 aromatic carbocycles. The van der Waals surface area contributed by atoms with Crippen LogP contribution in [0, 0.1) is 0 Å². The molecule has 2 heterocycles. The highest BCUT2D eigenvalue weighted by molar-refractivity contribution is 6.28. The second-order valence-corrected chi connectivity index (χ2v) is 5.51. The maximum atomic E-state index is 12.8. The third-order valence-corrected chi connectivity index (χ3v) is 4.35. The molecule has 0 unspecified atom stereocenters. The molecule has 4 heteroatoms. The van der Waals surface area contributed by atoms with Gasteiger partial charge in [0.25, 0.3) is 0 Å². The number of likely N-dealkylation sites (N-methyl/N-ethyl adjacent to an activating group) is 2. The molecule has 0 fully saturated rings. The van der Waals surface area contributed by atoms with Crippen molar-refractivity contribution in [1.29, 1.82) is 0 Å². The molecular weight excluding hydrogens is 276 g/mol. The Hall–Kier alpha value is -2.88. The van der Waals surface area contributed by atoms with E-state index in [1.54, 1.807) is 12.1 Å². The van der Waals surface area contributed by atoms with Crippen LogP contribution in [0.3, 0.4) is 0 Å². The van der Waals surface area contributed by atoms with Crippen LogP contribution in [0.15, 0.2) is 59.9 Å². The van der Waals surface area contributed by atoms with Crippen LogP contribution in [-0.2, 0) is 0 Å². The summed E-state index contributed by atoms with van der Waals surface area (Å²) >= 11 is 0. The molecule has 0 aromatic heterocycles. The van der Waals surface area contributed by atoms with Crippen molar-refractivity contribution in [2.45, 2.75) is 0 Å². The number of Topliss-reactive ketones (excluding diaryl/α,β-unsaturated/α-hetero) is 2. The van der Waals surface area contributed by atoms with Crippen LogP contribution >= 0.6 is 0 Å². The molecule has 2 aliphatic heterocycles. The minimum absolute atomic E-state index is 0.0962. The fourth-order valence-electron chi connectivity index (χ4n) is 3.25. The first-order valence-corrected chi connectivity index (χ1v) is 7.10. The molecule has 0 spiro atoms. The Morgan fingerprint density at radius 3 is 1.36 bits per heavy atom. The summed E-state index contributed by atoms with van der Waals surface area (Å²) in [6.07, 6.45) is 0. The molecule has 0 saturated heterocycles. The van der Waals surface area contributed by atoms with Gasteiger partial charge in [0.2, 0.25) is 11.6 Å². The van der Waals surface area contributed by atoms with E-state index in [1.165, 1.54) is 0 Å². The highest BCUT2D eigenvalue weighted by atomic mass is 16.1. The largest absolute Gasteiger partial charge is 0.339 e. The number of para-hydroxylation sites is 2. The SMILES string of the molecule is CN1/C(=C2/C(=O)c3ccccc3N2C)C(=O)c2ccccc21. The molecule has 0 aliphatic carbocycles. The average molecular weight is 290 g/mol. The number of carbonyl (C=O) groups is 2. The van der Waals surface area contributed by atoms with Crippen LogP contribution in [0.5, 0.6) is 0 Å². The zero-order valence-corrected chi connectivity index (χ0v) is 12.3. The van der Waals surface area contributed by atoms with E-state index in [0.29, 0.717) is 22.5 Å². The summed E-state index contributed by atoms with van der Waals surface area (Å²) in [6, 6.07) is 14.9. The van der Waals surface area contributed by atoms with E-state index in [0.717, 1.165) is 11.4 Å². The number of ketones is 2. The van der Waals surface area contributed by atoms with Gasteiger partial charge in [0.05, 0.1) is 11.4 Å². The van der Waals surface area contributed by atoms with Crippen LogP contribution in [0.25, 0.3) is 0 Å². The van der Waals surface area contributed by atoms with Gasteiger partial charge >= 0.3 is 0 Å². The molecule has 0 N–H and O–H groups in total. The standard InChI is InChI=1S/C18H14N2O2/c1-19-13-9-5-3-7-11(13)17(21)15(19)16-18(22)12-8-4-6-10-14(12)20(16)2/h3-10H,1-2H3/b16-15-. The molecule has 0 radical (unpaired) electrons. The average Bonchev–Trinajstić information content (AvgIpc) is 2.94. The fourth-order valence-corrected chi connectivity index (χ4v) is 3.25. The number of fused-ring (bicyclic) bond motifs is 2. The smallest absolute Gasteiger partial charge is 0.213 e. The third kappa shape index (κ3) is 1.46. The van der Waals surface area contributed by atoms with Crippen molar-refractivity contribution in [1.82, 2.24) is 0 Å². The summed E-state index contributed by atoms with van der Waals surface area (Å²) in [5, 5.41) is 0. The van der Waals surface area contributed by atoms with E-state index in [-0.39, 0.29) is 11.6 Å². The van der Waals surface area contributed by atoms with E-state index < -0.39 is 0 Å². The molecule has 108 valence electrons. The normalized spacial score (nSPS) is 19.7. The van der Waals surface area contributed by atoms with Gasteiger partial charge in [0.15, 0.2) is 0 Å². The molecule has 4 rings (SSSR count). The molecule has 0 amide bonds. The summed E-state index contributed by atoms with van der Waals surface area (Å²) < 4.78 is 0. The van der Waals surface area contributed by atoms with E-state index in [2.05, 4.69) is 0 Å². The van der Waals surface area contributed by atoms with Gasteiger partial charge in [0, 0.05) is 25.2 Å². The van der Waals surface area contributed by atoms with Crippen LogP contribution < -0.4 is 9.80 Å². The van der Waals surface area contributed by atoms with Gasteiger partial charge in [0.1, 0.15) is 11.4 Å². The summed E-state index contributed by atoms with van der Waals surface area (Å²) in [5.74, 6) is -0.192. The Labute approximate surface area is 128 Å². The van der Waals surface area contributed by atoms with Crippen LogP contribution in [-0.4, -0.2) is 25.7 Å². The summed E-state index contributed by atoms with van der Waals surface area (Å²) in [6.45, 7) is 0. The van der Waals surface area contributed by atoms with Gasteiger partial charge in [-0.05, 0) is 24.3 Å². The Morgan fingerprint density at radius 1 is 0.636 bits per heavy atom. The highest BCUT2D eigenvalue weighted by Crippen LogP contribution is 2.40. The van der Waals surface area contributed by atoms with Crippen LogP contribution in [0.4, 0.5) is 11.4 Å². The Kier molecular flexibility index (Phi) is 2.51. The summed E-state index contributed by atoms with van der Waals surface area (Å²) in [7, 11) is 3.66. The van der Waals surface area contributed by atoms with E-state index in [4.69, 9.17) is 0 Å². The van der Waals surface area contributed by atoms with E-state index in [9.17, 15) is 9.59 Å². The molecule has 0 saturated carbocycles. The lowest BCUT2D eigenvalue weighted by Crippen LogP contribution is -2.25. The van der Waals surface area contributed by atoms with E-state index in [1.807, 2.05) is 60.3 Å². The second-order valence-electron chi connectivity index (χ2n) is 5.51. The topological polar surface area (TPSA) is 40.6 Å². The molecule has 22 heavy (non-hydrogen) atoms. The number of anilines is 2. The maximum Gasteiger partial charge on any atom is 0.213 e. The Morgan fingerprint density at radius 2 is 1.00 bits per heavy atom. The van der Waals surface area contributed by atoms with Gasteiger partial charge in [-0.25, -0.2) is 0 Å². The minimum Gasteiger partial charge on any atom is -0.339 e. The zero-order valence-electron chi connectivity index (χ0n) is 12.3. The molecule has 4 nitrogen and oxygen atoms in total. The molecule has 2 aromatic rings. The Balaban J connectivity index is 1.95. The van der Waals surface area contributed by atoms with Crippen molar-refractivity contribution in [3.05, 3.63) is 71.1 Å². The van der Waals surface area contributed by atoms with Gasteiger partial charge in [-0.1, -0.05) is 24.3 Å². The van der Waals surface area contributed by atoms with Crippen molar-refractivity contribution < 1.29 is 9.59 Å². The highest BCUT2D eigenvalue weighted by Gasteiger charge is 2.40. The number of benzene rings is 2. The lowest BCUT2D eigenvalue weighted by atomic mass is 10.1. The number of rotatable bonds is 0. The first-order valence-electron chi connectivity index (χ1n) is 7.10. The summed E-state index contributed by atoms with van der Waals surface area (Å²) in [5.41, 5.74) is 3.86. The van der Waals surface area contributed by atoms with Crippen molar-refractivity contribution in [3.63, 3.8) is 0 Å². The number of hydrogen-bond acceptors (Lipinski definition) is 4. The van der Waals surface area contributed by atoms with Crippen molar-refractivity contribution in [3.8, 4) is 0 Å². The second kappa shape index (κ2) is 4.31. The predicted molar refractivity (Wildman–Crippen MR) is 85.4 cm³/mol. The van der Waals surface area contributed by atoms with Crippen molar-refractivity contribution in [2.75, 3.05) is 23.9 Å². The van der Waals surface area contributed by atoms with Crippen molar-refractivity contribution in [2.24, 2.45) is 0 Å². The monoisotopic (exact) mass is 290 g/mol. The zero-order chi connectivity index (χ0) is 15.4. The number of allylic oxidation sites excluding steroid dienone is 2. The first-order chi connectivity index (χ1) is 10.6. The lowest BCUT2D eigenvalue weighted by Gasteiger charge is -2.20. The van der Waals surface area contributed by atoms with Gasteiger partial charge in [-0.2, -0.15) is 0 Å². The van der Waals surface area contributed by atoms with Crippen LogP contribution in [0.2, 0.25) is 0 Å². The number of nitrogens with zero attached hydrogens (tertiary/aromatic N) is 2.